The van der Waals surface area contributed by atoms with Crippen LogP contribution in [-0.4, -0.2) is 8.42 Å². The molecule has 2 nitrogen and oxygen atoms in total. The van der Waals surface area contributed by atoms with E-state index < -0.39 is 9.84 Å². The van der Waals surface area contributed by atoms with Crippen molar-refractivity contribution in [2.24, 2.45) is 0 Å². The van der Waals surface area contributed by atoms with Crippen LogP contribution in [0.2, 0.25) is 0 Å². The maximum atomic E-state index is 12.2. The van der Waals surface area contributed by atoms with E-state index in [4.69, 9.17) is 0 Å². The molecule has 1 aromatic carbocycles. The van der Waals surface area contributed by atoms with E-state index in [1.165, 1.54) is 5.57 Å². The lowest BCUT2D eigenvalue weighted by Gasteiger charge is -2.12. The largest absolute Gasteiger partial charge is 0.219 e. The van der Waals surface area contributed by atoms with Crippen LogP contribution in [0.15, 0.2) is 57.9 Å². The summed E-state index contributed by atoms with van der Waals surface area (Å²) in [5.74, 6) is 0. The molecule has 16 heavy (non-hydrogen) atoms. The molecule has 0 aromatic heterocycles. The summed E-state index contributed by atoms with van der Waals surface area (Å²) in [6.45, 7) is 2.02. The van der Waals surface area contributed by atoms with Crippen molar-refractivity contribution in [3.8, 4) is 0 Å². The third-order valence-electron chi connectivity index (χ3n) is 2.72. The third kappa shape index (κ3) is 2.09. The highest BCUT2D eigenvalue weighted by molar-refractivity contribution is 7.95. The Morgan fingerprint density at radius 3 is 2.25 bits per heavy atom. The Morgan fingerprint density at radius 1 is 1.00 bits per heavy atom. The lowest BCUT2D eigenvalue weighted by Crippen LogP contribution is -2.06. The molecule has 0 N–H and O–H groups in total. The Labute approximate surface area is 96.2 Å². The second kappa shape index (κ2) is 4.26. The molecule has 1 aliphatic carbocycles. The molecule has 0 saturated carbocycles. The lowest BCUT2D eigenvalue weighted by molar-refractivity contribution is 0.599. The van der Waals surface area contributed by atoms with Gasteiger partial charge in [0.15, 0.2) is 0 Å². The summed E-state index contributed by atoms with van der Waals surface area (Å²) < 4.78 is 24.4. The number of allylic oxidation sites excluding steroid dienone is 4. The Bertz CT molecular complexity index is 537. The molecule has 84 valence electrons. The minimum absolute atomic E-state index is 0.384. The van der Waals surface area contributed by atoms with Gasteiger partial charge < -0.3 is 0 Å². The first-order valence-electron chi connectivity index (χ1n) is 5.27. The normalized spacial score (nSPS) is 16.6. The highest BCUT2D eigenvalue weighted by Crippen LogP contribution is 2.27. The van der Waals surface area contributed by atoms with Gasteiger partial charge in [0.1, 0.15) is 0 Å². The Balaban J connectivity index is 2.42. The molecule has 1 aromatic rings. The maximum Gasteiger partial charge on any atom is 0.202 e. The van der Waals surface area contributed by atoms with Gasteiger partial charge in [-0.25, -0.2) is 8.42 Å². The van der Waals surface area contributed by atoms with Crippen LogP contribution in [0.25, 0.3) is 0 Å². The molecule has 0 amide bonds. The SMILES string of the molecule is CC1=CC=C(S(=O)(=O)c2ccccc2)CC1. The molecule has 0 bridgehead atoms. The van der Waals surface area contributed by atoms with Crippen LogP contribution in [0.4, 0.5) is 0 Å². The van der Waals surface area contributed by atoms with Gasteiger partial charge in [-0.15, -0.1) is 0 Å². The fourth-order valence-electron chi connectivity index (χ4n) is 1.70. The van der Waals surface area contributed by atoms with Gasteiger partial charge in [0.25, 0.3) is 0 Å². The standard InChI is InChI=1S/C13H14O2S/c1-11-7-9-13(10-8-11)16(14,15)12-5-3-2-4-6-12/h2-7,9H,8,10H2,1H3. The Hall–Kier alpha value is -1.35. The highest BCUT2D eigenvalue weighted by Gasteiger charge is 2.20. The zero-order chi connectivity index (χ0) is 11.6. The Morgan fingerprint density at radius 2 is 1.69 bits per heavy atom. The van der Waals surface area contributed by atoms with Gasteiger partial charge in [0.05, 0.1) is 4.90 Å². The molecule has 0 heterocycles. The molecular weight excluding hydrogens is 220 g/mol. The predicted molar refractivity (Wildman–Crippen MR) is 64.7 cm³/mol. The van der Waals surface area contributed by atoms with Crippen LogP contribution in [0, 0.1) is 0 Å². The number of sulfone groups is 1. The zero-order valence-corrected chi connectivity index (χ0v) is 10.00. The van der Waals surface area contributed by atoms with Crippen molar-refractivity contribution in [3.63, 3.8) is 0 Å². The Kier molecular flexibility index (Phi) is 2.97. The van der Waals surface area contributed by atoms with Gasteiger partial charge in [-0.1, -0.05) is 29.8 Å². The van der Waals surface area contributed by atoms with Crippen molar-refractivity contribution in [1.29, 1.82) is 0 Å². The topological polar surface area (TPSA) is 34.1 Å². The average molecular weight is 234 g/mol. The van der Waals surface area contributed by atoms with Crippen molar-refractivity contribution in [1.82, 2.24) is 0 Å². The second-order valence-electron chi connectivity index (χ2n) is 3.96. The van der Waals surface area contributed by atoms with Crippen LogP contribution < -0.4 is 0 Å². The number of hydrogen-bond donors (Lipinski definition) is 0. The van der Waals surface area contributed by atoms with Gasteiger partial charge >= 0.3 is 0 Å². The quantitative estimate of drug-likeness (QED) is 0.788. The minimum atomic E-state index is -3.27. The van der Waals surface area contributed by atoms with E-state index in [2.05, 4.69) is 0 Å². The summed E-state index contributed by atoms with van der Waals surface area (Å²) in [7, 11) is -3.27. The fourth-order valence-corrected chi connectivity index (χ4v) is 3.13. The van der Waals surface area contributed by atoms with Crippen molar-refractivity contribution in [2.45, 2.75) is 24.7 Å². The zero-order valence-electron chi connectivity index (χ0n) is 9.18. The van der Waals surface area contributed by atoms with Crippen molar-refractivity contribution >= 4 is 9.84 Å². The second-order valence-corrected chi connectivity index (χ2v) is 5.97. The maximum absolute atomic E-state index is 12.2. The summed E-state index contributed by atoms with van der Waals surface area (Å²) in [6.07, 6.45) is 5.05. The summed E-state index contributed by atoms with van der Waals surface area (Å²) in [4.78, 5) is 0.901. The number of hydrogen-bond acceptors (Lipinski definition) is 2. The van der Waals surface area contributed by atoms with Crippen molar-refractivity contribution in [3.05, 3.63) is 53.0 Å². The van der Waals surface area contributed by atoms with E-state index in [-0.39, 0.29) is 0 Å². The summed E-state index contributed by atoms with van der Waals surface area (Å²) >= 11 is 0. The van der Waals surface area contributed by atoms with E-state index in [1.54, 1.807) is 30.3 Å². The van der Waals surface area contributed by atoms with Crippen molar-refractivity contribution < 1.29 is 8.42 Å². The monoisotopic (exact) mass is 234 g/mol. The highest BCUT2D eigenvalue weighted by atomic mass is 32.2. The summed E-state index contributed by atoms with van der Waals surface area (Å²) in [6, 6.07) is 8.59. The predicted octanol–water partition coefficient (Wildman–Crippen LogP) is 3.08. The first kappa shape index (κ1) is 11.1. The molecule has 0 fully saturated rings. The van der Waals surface area contributed by atoms with Crippen LogP contribution >= 0.6 is 0 Å². The van der Waals surface area contributed by atoms with Crippen molar-refractivity contribution in [2.75, 3.05) is 0 Å². The molecule has 0 atom stereocenters. The average Bonchev–Trinajstić information content (AvgIpc) is 2.31. The van der Waals surface area contributed by atoms with Gasteiger partial charge in [-0.2, -0.15) is 0 Å². The van der Waals surface area contributed by atoms with Gasteiger partial charge in [0, 0.05) is 4.91 Å². The molecule has 2 rings (SSSR count). The molecule has 0 aliphatic heterocycles. The van der Waals surface area contributed by atoms with Gasteiger partial charge in [-0.3, -0.25) is 0 Å². The van der Waals surface area contributed by atoms with Crippen LogP contribution in [0.1, 0.15) is 19.8 Å². The van der Waals surface area contributed by atoms with Crippen LogP contribution in [0.3, 0.4) is 0 Å². The van der Waals surface area contributed by atoms with Crippen LogP contribution in [0.5, 0.6) is 0 Å². The van der Waals surface area contributed by atoms with E-state index in [0.29, 0.717) is 16.2 Å². The van der Waals surface area contributed by atoms with E-state index in [0.717, 1.165) is 6.42 Å². The molecular formula is C13H14O2S. The molecule has 0 saturated heterocycles. The summed E-state index contributed by atoms with van der Waals surface area (Å²) in [5.41, 5.74) is 1.23. The van der Waals surface area contributed by atoms with Gasteiger partial charge in [-0.05, 0) is 38.0 Å². The molecule has 0 unspecified atom stereocenters. The number of benzene rings is 1. The minimum Gasteiger partial charge on any atom is -0.219 e. The van der Waals surface area contributed by atoms with E-state index >= 15 is 0 Å². The smallest absolute Gasteiger partial charge is 0.202 e. The molecule has 0 spiro atoms. The lowest BCUT2D eigenvalue weighted by atomic mass is 10.1. The first-order chi connectivity index (χ1) is 7.60. The van der Waals surface area contributed by atoms with Crippen LogP contribution in [-0.2, 0) is 9.84 Å². The fraction of sp³-hybridized carbons (Fsp3) is 0.231. The van der Waals surface area contributed by atoms with E-state index in [9.17, 15) is 8.42 Å². The third-order valence-corrected chi connectivity index (χ3v) is 4.64. The number of rotatable bonds is 2. The summed E-state index contributed by atoms with van der Waals surface area (Å²) in [5, 5.41) is 0. The molecule has 3 heteroatoms. The van der Waals surface area contributed by atoms with E-state index in [1.807, 2.05) is 19.1 Å². The first-order valence-corrected chi connectivity index (χ1v) is 6.75. The molecule has 0 radical (unpaired) electrons. The molecule has 1 aliphatic rings. The van der Waals surface area contributed by atoms with Gasteiger partial charge in [0.2, 0.25) is 9.84 Å².